The van der Waals surface area contributed by atoms with Gasteiger partial charge in [0, 0.05) is 12.4 Å². The zero-order valence-corrected chi connectivity index (χ0v) is 16.4. The SMILES string of the molecule is CCS(=O)(=O)N(Cc1ncc(-c2nnc(C(F)F)o2)s1)c1cn2ccncc2n1. The van der Waals surface area contributed by atoms with Crippen LogP contribution in [-0.4, -0.2) is 43.7 Å². The van der Waals surface area contributed by atoms with Gasteiger partial charge in [0.1, 0.15) is 9.88 Å². The van der Waals surface area contributed by atoms with Gasteiger partial charge in [-0.25, -0.2) is 22.7 Å². The molecule has 0 saturated heterocycles. The molecule has 0 aromatic carbocycles. The Morgan fingerprint density at radius 1 is 1.31 bits per heavy atom. The van der Waals surface area contributed by atoms with E-state index in [2.05, 4.69) is 25.1 Å². The lowest BCUT2D eigenvalue weighted by atomic mass is 10.5. The van der Waals surface area contributed by atoms with Crippen LogP contribution in [0.2, 0.25) is 0 Å². The van der Waals surface area contributed by atoms with E-state index in [4.69, 9.17) is 4.42 Å². The summed E-state index contributed by atoms with van der Waals surface area (Å²) in [6, 6.07) is 0. The van der Waals surface area contributed by atoms with Gasteiger partial charge in [0.15, 0.2) is 11.5 Å². The molecule has 0 amide bonds. The number of hydrogen-bond acceptors (Lipinski definition) is 9. The van der Waals surface area contributed by atoms with Gasteiger partial charge in [0.2, 0.25) is 10.0 Å². The molecule has 4 heterocycles. The summed E-state index contributed by atoms with van der Waals surface area (Å²) < 4.78 is 58.2. The monoisotopic (exact) mass is 441 g/mol. The van der Waals surface area contributed by atoms with Gasteiger partial charge in [-0.1, -0.05) is 0 Å². The lowest BCUT2D eigenvalue weighted by Gasteiger charge is -2.19. The molecule has 0 spiro atoms. The van der Waals surface area contributed by atoms with Crippen LogP contribution in [0.3, 0.4) is 0 Å². The molecule has 14 heteroatoms. The fraction of sp³-hybridized carbons (Fsp3) is 0.267. The molecule has 29 heavy (non-hydrogen) atoms. The number of alkyl halides is 2. The lowest BCUT2D eigenvalue weighted by molar-refractivity contribution is 0.116. The van der Waals surface area contributed by atoms with Crippen molar-refractivity contribution in [2.24, 2.45) is 0 Å². The minimum absolute atomic E-state index is 0.0893. The van der Waals surface area contributed by atoms with E-state index in [0.29, 0.717) is 15.5 Å². The molecule has 0 radical (unpaired) electrons. The lowest BCUT2D eigenvalue weighted by Crippen LogP contribution is -2.32. The number of imidazole rings is 1. The molecule has 0 aliphatic carbocycles. The summed E-state index contributed by atoms with van der Waals surface area (Å²) in [6.07, 6.45) is 4.79. The Labute approximate surface area is 166 Å². The number of nitrogens with zero attached hydrogens (tertiary/aromatic N) is 7. The Kier molecular flexibility index (Phi) is 4.96. The van der Waals surface area contributed by atoms with E-state index >= 15 is 0 Å². The molecular formula is C15H13F2N7O3S2. The first-order valence-electron chi connectivity index (χ1n) is 8.23. The molecule has 0 fully saturated rings. The molecule has 152 valence electrons. The minimum Gasteiger partial charge on any atom is -0.414 e. The van der Waals surface area contributed by atoms with Crippen molar-refractivity contribution in [3.8, 4) is 10.8 Å². The Hall–Kier alpha value is -3.00. The molecular weight excluding hydrogens is 428 g/mol. The predicted octanol–water partition coefficient (Wildman–Crippen LogP) is 2.53. The van der Waals surface area contributed by atoms with E-state index in [-0.39, 0.29) is 24.0 Å². The second-order valence-electron chi connectivity index (χ2n) is 5.71. The van der Waals surface area contributed by atoms with Crippen molar-refractivity contribution in [3.05, 3.63) is 41.9 Å². The second-order valence-corrected chi connectivity index (χ2v) is 9.01. The van der Waals surface area contributed by atoms with Gasteiger partial charge in [-0.3, -0.25) is 4.98 Å². The highest BCUT2D eigenvalue weighted by molar-refractivity contribution is 7.92. The molecule has 0 aliphatic rings. The Bertz CT molecular complexity index is 1220. The summed E-state index contributed by atoms with van der Waals surface area (Å²) in [6.45, 7) is 1.44. The van der Waals surface area contributed by atoms with Crippen molar-refractivity contribution in [1.29, 1.82) is 0 Å². The van der Waals surface area contributed by atoms with Crippen molar-refractivity contribution in [2.75, 3.05) is 10.1 Å². The fourth-order valence-corrected chi connectivity index (χ4v) is 4.37. The smallest absolute Gasteiger partial charge is 0.314 e. The van der Waals surface area contributed by atoms with Crippen LogP contribution in [0.5, 0.6) is 0 Å². The fourth-order valence-electron chi connectivity index (χ4n) is 2.45. The van der Waals surface area contributed by atoms with Crippen LogP contribution in [0, 0.1) is 0 Å². The quantitative estimate of drug-likeness (QED) is 0.429. The summed E-state index contributed by atoms with van der Waals surface area (Å²) >= 11 is 1.06. The highest BCUT2D eigenvalue weighted by atomic mass is 32.2. The first kappa shape index (κ1) is 19.3. The van der Waals surface area contributed by atoms with Gasteiger partial charge in [0.05, 0.1) is 30.9 Å². The highest BCUT2D eigenvalue weighted by Gasteiger charge is 2.26. The number of sulfonamides is 1. The predicted molar refractivity (Wildman–Crippen MR) is 99.0 cm³/mol. The zero-order chi connectivity index (χ0) is 20.6. The molecule has 10 nitrogen and oxygen atoms in total. The first-order chi connectivity index (χ1) is 13.9. The van der Waals surface area contributed by atoms with E-state index in [0.717, 1.165) is 15.6 Å². The molecule has 4 aromatic rings. The van der Waals surface area contributed by atoms with E-state index < -0.39 is 22.3 Å². The van der Waals surface area contributed by atoms with Gasteiger partial charge in [-0.15, -0.1) is 21.5 Å². The third-order valence-corrected chi connectivity index (χ3v) is 6.57. The molecule has 0 aliphatic heterocycles. The van der Waals surface area contributed by atoms with Crippen LogP contribution in [0.1, 0.15) is 24.2 Å². The normalized spacial score (nSPS) is 12.1. The second kappa shape index (κ2) is 7.44. The zero-order valence-electron chi connectivity index (χ0n) is 14.8. The van der Waals surface area contributed by atoms with Crippen molar-refractivity contribution in [1.82, 2.24) is 29.5 Å². The van der Waals surface area contributed by atoms with Gasteiger partial charge >= 0.3 is 6.43 Å². The van der Waals surface area contributed by atoms with E-state index in [9.17, 15) is 17.2 Å². The summed E-state index contributed by atoms with van der Waals surface area (Å²) in [5.41, 5.74) is 0.490. The average molecular weight is 441 g/mol. The van der Waals surface area contributed by atoms with Gasteiger partial charge in [-0.2, -0.15) is 8.78 Å². The Morgan fingerprint density at radius 3 is 2.83 bits per heavy atom. The summed E-state index contributed by atoms with van der Waals surface area (Å²) in [5, 5.41) is 7.25. The molecule has 4 aromatic heterocycles. The summed E-state index contributed by atoms with van der Waals surface area (Å²) in [4.78, 5) is 12.8. The number of aromatic nitrogens is 6. The highest BCUT2D eigenvalue weighted by Crippen LogP contribution is 2.29. The summed E-state index contributed by atoms with van der Waals surface area (Å²) in [5.74, 6) is -0.816. The first-order valence-corrected chi connectivity index (χ1v) is 10.7. The van der Waals surface area contributed by atoms with E-state index in [1.165, 1.54) is 19.3 Å². The topological polar surface area (TPSA) is 119 Å². The molecule has 0 atom stereocenters. The van der Waals surface area contributed by atoms with Crippen LogP contribution >= 0.6 is 11.3 Å². The number of hydrogen-bond donors (Lipinski definition) is 0. The van der Waals surface area contributed by atoms with Crippen molar-refractivity contribution in [3.63, 3.8) is 0 Å². The number of fused-ring (bicyclic) bond motifs is 1. The largest absolute Gasteiger partial charge is 0.414 e. The maximum absolute atomic E-state index is 12.6. The molecule has 0 bridgehead atoms. The number of rotatable bonds is 7. The van der Waals surface area contributed by atoms with E-state index in [1.807, 2.05) is 0 Å². The number of halogens is 2. The van der Waals surface area contributed by atoms with Crippen LogP contribution in [-0.2, 0) is 16.6 Å². The van der Waals surface area contributed by atoms with Crippen LogP contribution < -0.4 is 4.31 Å². The van der Waals surface area contributed by atoms with Gasteiger partial charge in [0.25, 0.3) is 11.8 Å². The minimum atomic E-state index is -3.67. The van der Waals surface area contributed by atoms with Gasteiger partial charge < -0.3 is 8.82 Å². The standard InChI is InChI=1S/C15H13F2N7O3S2/c1-2-29(25,26)24(11-7-23-4-3-18-6-10(23)20-11)8-12-19-5-9(28-12)14-21-22-15(27-14)13(16)17/h3-7,13H,2,8H2,1H3. The van der Waals surface area contributed by atoms with E-state index in [1.54, 1.807) is 23.0 Å². The van der Waals surface area contributed by atoms with Crippen LogP contribution in [0.4, 0.5) is 14.6 Å². The third kappa shape index (κ3) is 3.80. The van der Waals surface area contributed by atoms with Crippen LogP contribution in [0.15, 0.2) is 35.4 Å². The maximum Gasteiger partial charge on any atom is 0.314 e. The number of thiazole rings is 1. The Morgan fingerprint density at radius 2 is 2.14 bits per heavy atom. The van der Waals surface area contributed by atoms with Gasteiger partial charge in [-0.05, 0) is 6.92 Å². The summed E-state index contributed by atoms with van der Waals surface area (Å²) in [7, 11) is -3.67. The van der Waals surface area contributed by atoms with Crippen LogP contribution in [0.25, 0.3) is 16.4 Å². The molecule has 4 rings (SSSR count). The van der Waals surface area contributed by atoms with Crippen molar-refractivity contribution in [2.45, 2.75) is 19.9 Å². The number of anilines is 1. The Balaban J connectivity index is 1.65. The van der Waals surface area contributed by atoms with Crippen molar-refractivity contribution < 1.29 is 21.6 Å². The maximum atomic E-state index is 12.6. The van der Waals surface area contributed by atoms with Crippen molar-refractivity contribution >= 4 is 32.8 Å². The average Bonchev–Trinajstić information content (AvgIpc) is 3.44. The third-order valence-electron chi connectivity index (χ3n) is 3.88. The molecule has 0 N–H and O–H groups in total. The molecule has 0 saturated carbocycles. The molecule has 0 unspecified atom stereocenters.